The van der Waals surface area contributed by atoms with Gasteiger partial charge in [0.1, 0.15) is 0 Å². The minimum atomic E-state index is -1.01. The van der Waals surface area contributed by atoms with Crippen molar-refractivity contribution in [3.63, 3.8) is 0 Å². The van der Waals surface area contributed by atoms with Crippen molar-refractivity contribution in [1.82, 2.24) is 10.2 Å². The molecule has 0 fully saturated rings. The number of amides is 1. The molecular weight excluding hydrogens is 346 g/mol. The van der Waals surface area contributed by atoms with Crippen molar-refractivity contribution in [3.8, 4) is 0 Å². The van der Waals surface area contributed by atoms with Crippen LogP contribution in [0, 0.1) is 11.6 Å². The van der Waals surface area contributed by atoms with E-state index >= 15 is 0 Å². The third kappa shape index (κ3) is 5.73. The summed E-state index contributed by atoms with van der Waals surface area (Å²) in [6, 6.07) is 3.19. The highest BCUT2D eigenvalue weighted by atomic mass is 32.2. The molecule has 23 heavy (non-hydrogen) atoms. The number of ether oxygens (including phenoxy) is 1. The van der Waals surface area contributed by atoms with Gasteiger partial charge < -0.3 is 15.4 Å². The number of anilines is 2. The van der Waals surface area contributed by atoms with Gasteiger partial charge in [0.25, 0.3) is 0 Å². The Morgan fingerprint density at radius 1 is 1.35 bits per heavy atom. The second-order valence-corrected chi connectivity index (χ2v) is 6.46. The molecule has 2 aromatic rings. The lowest BCUT2D eigenvalue weighted by Gasteiger charge is -2.04. The summed E-state index contributed by atoms with van der Waals surface area (Å²) in [4.78, 5) is 11.8. The summed E-state index contributed by atoms with van der Waals surface area (Å²) < 4.78 is 31.4. The van der Waals surface area contributed by atoms with E-state index < -0.39 is 11.6 Å². The normalized spacial score (nSPS) is 10.6. The predicted octanol–water partition coefficient (Wildman–Crippen LogP) is 2.61. The zero-order valence-electron chi connectivity index (χ0n) is 12.1. The van der Waals surface area contributed by atoms with E-state index in [9.17, 15) is 13.6 Å². The first-order chi connectivity index (χ1) is 11.1. The van der Waals surface area contributed by atoms with Gasteiger partial charge in [0.05, 0.1) is 12.4 Å². The highest BCUT2D eigenvalue weighted by molar-refractivity contribution is 8.01. The first kappa shape index (κ1) is 17.6. The fraction of sp³-hybridized carbons (Fsp3) is 0.308. The lowest BCUT2D eigenvalue weighted by molar-refractivity contribution is -0.113. The number of nitrogens with one attached hydrogen (secondary N) is 2. The van der Waals surface area contributed by atoms with Crippen molar-refractivity contribution in [2.45, 2.75) is 4.34 Å². The van der Waals surface area contributed by atoms with E-state index in [4.69, 9.17) is 4.74 Å². The molecule has 0 bridgehead atoms. The molecule has 0 saturated carbocycles. The van der Waals surface area contributed by atoms with Gasteiger partial charge in [-0.2, -0.15) is 0 Å². The van der Waals surface area contributed by atoms with Gasteiger partial charge in [0, 0.05) is 25.4 Å². The van der Waals surface area contributed by atoms with Crippen LogP contribution in [0.4, 0.5) is 19.6 Å². The maximum atomic E-state index is 13.0. The van der Waals surface area contributed by atoms with Gasteiger partial charge in [0.2, 0.25) is 11.0 Å². The standard InChI is InChI=1S/C13H14F2N4O2S2/c1-21-5-4-16-12-18-19-13(23-12)22-7-11(20)17-8-2-3-9(14)10(15)6-8/h2-3,6H,4-5,7H2,1H3,(H,16,18)(H,17,20). The molecule has 6 nitrogen and oxygen atoms in total. The fourth-order valence-electron chi connectivity index (χ4n) is 1.50. The Kier molecular flexibility index (Phi) is 6.68. The molecule has 1 heterocycles. The Hall–Kier alpha value is -1.78. The largest absolute Gasteiger partial charge is 0.383 e. The van der Waals surface area contributed by atoms with Crippen LogP contribution in [-0.2, 0) is 9.53 Å². The Morgan fingerprint density at radius 3 is 2.91 bits per heavy atom. The molecule has 0 spiro atoms. The minimum absolute atomic E-state index is 0.0890. The number of carbonyl (C=O) groups excluding carboxylic acids is 1. The topological polar surface area (TPSA) is 76.1 Å². The van der Waals surface area contributed by atoms with Crippen LogP contribution in [0.3, 0.4) is 0 Å². The third-order valence-corrected chi connectivity index (χ3v) is 4.53. The molecular formula is C13H14F2N4O2S2. The van der Waals surface area contributed by atoms with Gasteiger partial charge >= 0.3 is 0 Å². The van der Waals surface area contributed by atoms with E-state index in [0.717, 1.165) is 12.1 Å². The Labute approximate surface area is 139 Å². The molecule has 1 aromatic heterocycles. The van der Waals surface area contributed by atoms with E-state index in [-0.39, 0.29) is 17.3 Å². The monoisotopic (exact) mass is 360 g/mol. The van der Waals surface area contributed by atoms with Gasteiger partial charge in [-0.1, -0.05) is 23.1 Å². The number of aromatic nitrogens is 2. The lowest BCUT2D eigenvalue weighted by atomic mass is 10.3. The Bertz CT molecular complexity index is 669. The Balaban J connectivity index is 1.78. The van der Waals surface area contributed by atoms with Crippen molar-refractivity contribution in [2.24, 2.45) is 0 Å². The number of carbonyl (C=O) groups is 1. The number of halogens is 2. The number of benzene rings is 1. The average molecular weight is 360 g/mol. The summed E-state index contributed by atoms with van der Waals surface area (Å²) in [6.45, 7) is 1.17. The average Bonchev–Trinajstić information content (AvgIpc) is 2.97. The number of methoxy groups -OCH3 is 1. The lowest BCUT2D eigenvalue weighted by Crippen LogP contribution is -2.14. The molecule has 0 aliphatic heterocycles. The number of thioether (sulfide) groups is 1. The summed E-state index contributed by atoms with van der Waals surface area (Å²) >= 11 is 2.53. The van der Waals surface area contributed by atoms with Gasteiger partial charge in [0.15, 0.2) is 16.0 Å². The van der Waals surface area contributed by atoms with Crippen LogP contribution in [0.5, 0.6) is 0 Å². The van der Waals surface area contributed by atoms with Crippen molar-refractivity contribution in [1.29, 1.82) is 0 Å². The van der Waals surface area contributed by atoms with E-state index in [1.165, 1.54) is 29.2 Å². The molecule has 0 atom stereocenters. The Morgan fingerprint density at radius 2 is 2.17 bits per heavy atom. The first-order valence-corrected chi connectivity index (χ1v) is 8.32. The second-order valence-electron chi connectivity index (χ2n) is 4.26. The molecule has 1 amide bonds. The third-order valence-electron chi connectivity index (χ3n) is 2.52. The quantitative estimate of drug-likeness (QED) is 0.557. The van der Waals surface area contributed by atoms with Crippen molar-refractivity contribution < 1.29 is 18.3 Å². The van der Waals surface area contributed by atoms with Crippen molar-refractivity contribution >= 4 is 39.8 Å². The molecule has 2 N–H and O–H groups in total. The maximum Gasteiger partial charge on any atom is 0.234 e. The van der Waals surface area contributed by atoms with E-state index in [1.807, 2.05) is 0 Å². The van der Waals surface area contributed by atoms with Crippen LogP contribution in [0.2, 0.25) is 0 Å². The van der Waals surface area contributed by atoms with Crippen LogP contribution in [-0.4, -0.2) is 42.1 Å². The van der Waals surface area contributed by atoms with Crippen molar-refractivity contribution in [2.75, 3.05) is 36.6 Å². The van der Waals surface area contributed by atoms with Gasteiger partial charge in [-0.25, -0.2) is 8.78 Å². The second kappa shape index (κ2) is 8.75. The predicted molar refractivity (Wildman–Crippen MR) is 86.0 cm³/mol. The fourth-order valence-corrected chi connectivity index (χ4v) is 3.08. The molecule has 124 valence electrons. The zero-order chi connectivity index (χ0) is 16.7. The molecule has 0 radical (unpaired) electrons. The van der Waals surface area contributed by atoms with Crippen molar-refractivity contribution in [3.05, 3.63) is 29.8 Å². The summed E-state index contributed by atoms with van der Waals surface area (Å²) in [6.07, 6.45) is 0. The highest BCUT2D eigenvalue weighted by Crippen LogP contribution is 2.25. The number of hydrogen-bond acceptors (Lipinski definition) is 7. The van der Waals surface area contributed by atoms with Crippen LogP contribution in [0.1, 0.15) is 0 Å². The molecule has 0 unspecified atom stereocenters. The summed E-state index contributed by atoms with van der Waals surface area (Å²) in [5.74, 6) is -2.22. The van der Waals surface area contributed by atoms with Crippen LogP contribution in [0.15, 0.2) is 22.5 Å². The van der Waals surface area contributed by atoms with Gasteiger partial charge in [-0.3, -0.25) is 4.79 Å². The highest BCUT2D eigenvalue weighted by Gasteiger charge is 2.09. The summed E-state index contributed by atoms with van der Waals surface area (Å²) in [7, 11) is 1.61. The molecule has 0 aliphatic carbocycles. The molecule has 10 heteroatoms. The number of hydrogen-bond donors (Lipinski definition) is 2. The number of rotatable bonds is 8. The molecule has 1 aromatic carbocycles. The van der Waals surface area contributed by atoms with Gasteiger partial charge in [-0.05, 0) is 12.1 Å². The smallest absolute Gasteiger partial charge is 0.234 e. The molecule has 0 aliphatic rings. The van der Waals surface area contributed by atoms with E-state index in [1.54, 1.807) is 7.11 Å². The van der Waals surface area contributed by atoms with E-state index in [2.05, 4.69) is 20.8 Å². The minimum Gasteiger partial charge on any atom is -0.383 e. The zero-order valence-corrected chi connectivity index (χ0v) is 13.8. The van der Waals surface area contributed by atoms with Crippen LogP contribution < -0.4 is 10.6 Å². The van der Waals surface area contributed by atoms with Crippen LogP contribution in [0.25, 0.3) is 0 Å². The van der Waals surface area contributed by atoms with Crippen LogP contribution >= 0.6 is 23.1 Å². The molecule has 2 rings (SSSR count). The summed E-state index contributed by atoms with van der Waals surface area (Å²) in [5.41, 5.74) is 0.202. The van der Waals surface area contributed by atoms with Gasteiger partial charge in [-0.15, -0.1) is 10.2 Å². The van der Waals surface area contributed by atoms with E-state index in [0.29, 0.717) is 22.6 Å². The maximum absolute atomic E-state index is 13.0. The molecule has 0 saturated heterocycles. The first-order valence-electron chi connectivity index (χ1n) is 6.52. The summed E-state index contributed by atoms with van der Waals surface area (Å²) in [5, 5.41) is 14.0. The number of nitrogens with zero attached hydrogens (tertiary/aromatic N) is 2. The SMILES string of the molecule is COCCNc1nnc(SCC(=O)Nc2ccc(F)c(F)c2)s1.